The quantitative estimate of drug-likeness (QED) is 0.628. The summed E-state index contributed by atoms with van der Waals surface area (Å²) < 4.78 is 11.8. The number of aliphatic hydroxyl groups is 1. The first-order valence-corrected chi connectivity index (χ1v) is 7.91. The van der Waals surface area contributed by atoms with Crippen molar-refractivity contribution in [2.45, 2.75) is 70.7 Å². The molecule has 1 spiro atoms. The minimum Gasteiger partial charge on any atom is -0.461 e. The van der Waals surface area contributed by atoms with Crippen LogP contribution in [0.5, 0.6) is 0 Å². The average Bonchev–Trinajstić information content (AvgIpc) is 2.59. The summed E-state index contributed by atoms with van der Waals surface area (Å²) in [6.45, 7) is 8.18. The van der Waals surface area contributed by atoms with Crippen molar-refractivity contribution in [3.8, 4) is 0 Å². The minimum absolute atomic E-state index is 0.0824. The standard InChI is InChI=1S/C17H26O4/c1-11(18)20-10-13-7-14(19)9-16(4)6-5-12-8-17(13,16)21-15(12,2)3/h7,12,14,19H,5-6,8-10H2,1-4H3/t12?,14-,16+,17?/m0/s1. The number of carbonyl (C=O) groups is 1. The monoisotopic (exact) mass is 294 g/mol. The molecule has 0 aromatic carbocycles. The molecule has 0 aromatic heterocycles. The van der Waals surface area contributed by atoms with Gasteiger partial charge in [-0.2, -0.15) is 0 Å². The number of aliphatic hydroxyl groups excluding tert-OH is 1. The van der Waals surface area contributed by atoms with Gasteiger partial charge in [-0.15, -0.1) is 0 Å². The Morgan fingerprint density at radius 3 is 2.81 bits per heavy atom. The number of rotatable bonds is 2. The zero-order valence-electron chi connectivity index (χ0n) is 13.4. The van der Waals surface area contributed by atoms with E-state index in [1.54, 1.807) is 0 Å². The lowest BCUT2D eigenvalue weighted by Gasteiger charge is -2.53. The molecule has 1 aliphatic heterocycles. The maximum absolute atomic E-state index is 11.2. The molecule has 3 aliphatic rings. The highest BCUT2D eigenvalue weighted by Crippen LogP contribution is 2.64. The smallest absolute Gasteiger partial charge is 0.302 e. The van der Waals surface area contributed by atoms with Gasteiger partial charge >= 0.3 is 5.97 Å². The second kappa shape index (κ2) is 4.56. The van der Waals surface area contributed by atoms with Crippen LogP contribution in [0.2, 0.25) is 0 Å². The van der Waals surface area contributed by atoms with Crippen molar-refractivity contribution >= 4 is 5.97 Å². The van der Waals surface area contributed by atoms with E-state index in [0.29, 0.717) is 5.92 Å². The molecule has 2 fully saturated rings. The number of hydrogen-bond acceptors (Lipinski definition) is 4. The van der Waals surface area contributed by atoms with Crippen LogP contribution in [0.3, 0.4) is 0 Å². The highest BCUT2D eigenvalue weighted by Gasteiger charge is 2.65. The lowest BCUT2D eigenvalue weighted by atomic mass is 9.55. The third-order valence-electron chi connectivity index (χ3n) is 5.98. The van der Waals surface area contributed by atoms with E-state index in [0.717, 1.165) is 31.3 Å². The van der Waals surface area contributed by atoms with Crippen LogP contribution >= 0.6 is 0 Å². The van der Waals surface area contributed by atoms with E-state index in [1.165, 1.54) is 6.92 Å². The number of ether oxygens (including phenoxy) is 2. The fraction of sp³-hybridized carbons (Fsp3) is 0.824. The summed E-state index contributed by atoms with van der Waals surface area (Å²) in [4.78, 5) is 11.2. The average molecular weight is 294 g/mol. The molecule has 4 heteroatoms. The van der Waals surface area contributed by atoms with Crippen LogP contribution in [0.15, 0.2) is 11.6 Å². The van der Waals surface area contributed by atoms with Gasteiger partial charge in [0, 0.05) is 12.3 Å². The Hall–Kier alpha value is -0.870. The van der Waals surface area contributed by atoms with Crippen LogP contribution < -0.4 is 0 Å². The minimum atomic E-state index is -0.477. The Labute approximate surface area is 126 Å². The molecule has 3 rings (SSSR count). The van der Waals surface area contributed by atoms with Crippen molar-refractivity contribution in [3.05, 3.63) is 11.6 Å². The van der Waals surface area contributed by atoms with Crippen molar-refractivity contribution in [1.29, 1.82) is 0 Å². The molecule has 0 amide bonds. The Balaban J connectivity index is 2.00. The Morgan fingerprint density at radius 2 is 2.14 bits per heavy atom. The second-order valence-corrected chi connectivity index (χ2v) is 7.78. The van der Waals surface area contributed by atoms with Gasteiger partial charge in [0.05, 0.1) is 17.3 Å². The molecule has 2 bridgehead atoms. The molecule has 118 valence electrons. The molecule has 4 nitrogen and oxygen atoms in total. The lowest BCUT2D eigenvalue weighted by Crippen LogP contribution is -2.54. The molecular weight excluding hydrogens is 268 g/mol. The molecule has 0 radical (unpaired) electrons. The second-order valence-electron chi connectivity index (χ2n) is 7.78. The van der Waals surface area contributed by atoms with Crippen molar-refractivity contribution in [3.63, 3.8) is 0 Å². The highest BCUT2D eigenvalue weighted by atomic mass is 16.5. The Morgan fingerprint density at radius 1 is 1.43 bits per heavy atom. The number of carbonyl (C=O) groups excluding carboxylic acids is 1. The van der Waals surface area contributed by atoms with Crippen molar-refractivity contribution in [1.82, 2.24) is 0 Å². The van der Waals surface area contributed by atoms with E-state index in [4.69, 9.17) is 9.47 Å². The van der Waals surface area contributed by atoms with Crippen LogP contribution in [0.4, 0.5) is 0 Å². The SMILES string of the molecule is CC(=O)OCC1=C[C@H](O)C[C@@]2(C)CCC3CC12OC3(C)C. The fourth-order valence-corrected chi connectivity index (χ4v) is 4.76. The lowest BCUT2D eigenvalue weighted by molar-refractivity contribution is -0.152. The van der Waals surface area contributed by atoms with Crippen molar-refractivity contribution in [2.24, 2.45) is 11.3 Å². The first-order valence-electron chi connectivity index (χ1n) is 7.91. The summed E-state index contributed by atoms with van der Waals surface area (Å²) in [6, 6.07) is 0. The summed E-state index contributed by atoms with van der Waals surface area (Å²) in [6.07, 6.45) is 5.26. The number of hydrogen-bond donors (Lipinski definition) is 1. The summed E-state index contributed by atoms with van der Waals surface area (Å²) in [5, 5.41) is 10.2. The van der Waals surface area contributed by atoms with Gasteiger partial charge in [-0.3, -0.25) is 4.79 Å². The zero-order chi connectivity index (χ0) is 15.5. The maximum Gasteiger partial charge on any atom is 0.302 e. The van der Waals surface area contributed by atoms with Crippen molar-refractivity contribution in [2.75, 3.05) is 6.61 Å². The summed E-state index contributed by atoms with van der Waals surface area (Å²) in [7, 11) is 0. The van der Waals surface area contributed by atoms with E-state index in [-0.39, 0.29) is 29.2 Å². The third-order valence-corrected chi connectivity index (χ3v) is 5.98. The van der Waals surface area contributed by atoms with Gasteiger partial charge in [0.1, 0.15) is 6.61 Å². The molecule has 2 aliphatic carbocycles. The van der Waals surface area contributed by atoms with Crippen LogP contribution in [0.25, 0.3) is 0 Å². The van der Waals surface area contributed by atoms with Gasteiger partial charge in [-0.05, 0) is 51.0 Å². The molecule has 2 unspecified atom stereocenters. The van der Waals surface area contributed by atoms with E-state index < -0.39 is 6.10 Å². The Bertz CT molecular complexity index is 495. The van der Waals surface area contributed by atoms with E-state index >= 15 is 0 Å². The van der Waals surface area contributed by atoms with Crippen LogP contribution in [0.1, 0.15) is 53.4 Å². The highest BCUT2D eigenvalue weighted by molar-refractivity contribution is 5.66. The number of fused-ring (bicyclic) bond motifs is 1. The molecule has 1 saturated heterocycles. The van der Waals surface area contributed by atoms with E-state index in [9.17, 15) is 9.90 Å². The third kappa shape index (κ3) is 2.15. The van der Waals surface area contributed by atoms with Gasteiger partial charge in [0.2, 0.25) is 0 Å². The van der Waals surface area contributed by atoms with Gasteiger partial charge < -0.3 is 14.6 Å². The van der Waals surface area contributed by atoms with Gasteiger partial charge in [0.15, 0.2) is 0 Å². The molecule has 1 saturated carbocycles. The molecule has 0 aromatic rings. The topological polar surface area (TPSA) is 55.8 Å². The first kappa shape index (κ1) is 15.0. The molecule has 4 atom stereocenters. The van der Waals surface area contributed by atoms with Crippen molar-refractivity contribution < 1.29 is 19.4 Å². The Kier molecular flexibility index (Phi) is 3.27. The predicted molar refractivity (Wildman–Crippen MR) is 78.7 cm³/mol. The van der Waals surface area contributed by atoms with Gasteiger partial charge in [-0.25, -0.2) is 0 Å². The van der Waals surface area contributed by atoms with Gasteiger partial charge in [-0.1, -0.05) is 13.0 Å². The summed E-state index contributed by atoms with van der Waals surface area (Å²) in [5.41, 5.74) is 0.332. The first-order chi connectivity index (χ1) is 9.68. The zero-order valence-corrected chi connectivity index (χ0v) is 13.4. The predicted octanol–water partition coefficient (Wildman–Crippen LogP) is 2.59. The van der Waals surface area contributed by atoms with Crippen LogP contribution in [-0.4, -0.2) is 35.0 Å². The molecule has 1 N–H and O–H groups in total. The summed E-state index contributed by atoms with van der Waals surface area (Å²) >= 11 is 0. The van der Waals surface area contributed by atoms with Crippen LogP contribution in [-0.2, 0) is 14.3 Å². The van der Waals surface area contributed by atoms with E-state index in [1.807, 2.05) is 6.08 Å². The summed E-state index contributed by atoms with van der Waals surface area (Å²) in [5.74, 6) is 0.236. The van der Waals surface area contributed by atoms with Gasteiger partial charge in [0.25, 0.3) is 0 Å². The van der Waals surface area contributed by atoms with Crippen LogP contribution in [0, 0.1) is 11.3 Å². The largest absolute Gasteiger partial charge is 0.461 e. The number of esters is 1. The normalized spacial score (nSPS) is 44.0. The molecular formula is C17H26O4. The van der Waals surface area contributed by atoms with E-state index in [2.05, 4.69) is 20.8 Å². The molecule has 21 heavy (non-hydrogen) atoms. The fourth-order valence-electron chi connectivity index (χ4n) is 4.76. The molecule has 1 heterocycles. The maximum atomic E-state index is 11.2.